The Morgan fingerprint density at radius 3 is 2.90 bits per heavy atom. The highest BCUT2D eigenvalue weighted by atomic mass is 32.1. The second kappa shape index (κ2) is 10.6. The number of aliphatic imine (C=N–C) groups is 1. The van der Waals surface area contributed by atoms with Crippen LogP contribution >= 0.6 is 11.3 Å². The lowest BCUT2D eigenvalue weighted by Gasteiger charge is -2.37. The average molecular weight is 417 g/mol. The molecule has 2 N–H and O–H groups in total. The van der Waals surface area contributed by atoms with Crippen LogP contribution in [0.1, 0.15) is 23.5 Å². The highest BCUT2D eigenvalue weighted by Gasteiger charge is 2.26. The van der Waals surface area contributed by atoms with Gasteiger partial charge in [-0.15, -0.1) is 11.3 Å². The van der Waals surface area contributed by atoms with Crippen molar-refractivity contribution in [3.8, 4) is 0 Å². The van der Waals surface area contributed by atoms with Crippen molar-refractivity contribution >= 4 is 23.1 Å². The Hall–Kier alpha value is -2.16. The molecule has 158 valence electrons. The number of ether oxygens (including phenoxy) is 1. The van der Waals surface area contributed by atoms with Crippen LogP contribution in [0.5, 0.6) is 0 Å². The maximum atomic E-state index is 5.73. The Bertz CT molecular complexity index is 779. The summed E-state index contributed by atoms with van der Waals surface area (Å²) in [5, 5.41) is 9.03. The number of hydrogen-bond donors (Lipinski definition) is 2. The van der Waals surface area contributed by atoms with Crippen molar-refractivity contribution in [1.82, 2.24) is 20.5 Å². The Balaban J connectivity index is 1.59. The number of aromatic nitrogens is 1. The number of morpholine rings is 1. The first-order valence-electron chi connectivity index (χ1n) is 10.0. The molecule has 1 fully saturated rings. The molecule has 0 amide bonds. The van der Waals surface area contributed by atoms with Crippen LogP contribution in [0.3, 0.4) is 0 Å². The monoisotopic (exact) mass is 416 g/mol. The van der Waals surface area contributed by atoms with E-state index in [1.54, 1.807) is 18.4 Å². The van der Waals surface area contributed by atoms with Crippen molar-refractivity contribution in [3.05, 3.63) is 46.3 Å². The first-order chi connectivity index (χ1) is 14.1. The summed E-state index contributed by atoms with van der Waals surface area (Å²) in [5.41, 5.74) is 0.982. The van der Waals surface area contributed by atoms with E-state index >= 15 is 0 Å². The summed E-state index contributed by atoms with van der Waals surface area (Å²) in [6.45, 7) is 6.22. The fourth-order valence-corrected chi connectivity index (χ4v) is 4.28. The van der Waals surface area contributed by atoms with Crippen LogP contribution in [0.2, 0.25) is 0 Å². The van der Waals surface area contributed by atoms with E-state index in [-0.39, 0.29) is 6.10 Å². The van der Waals surface area contributed by atoms with E-state index in [0.29, 0.717) is 12.6 Å². The first kappa shape index (κ1) is 21.5. The molecular formula is C21H32N6OS. The number of hydrogen-bond acceptors (Lipinski definition) is 6. The van der Waals surface area contributed by atoms with Crippen molar-refractivity contribution in [2.45, 2.75) is 25.6 Å². The van der Waals surface area contributed by atoms with Gasteiger partial charge >= 0.3 is 0 Å². The number of nitrogens with zero attached hydrogens (tertiary/aromatic N) is 4. The zero-order chi connectivity index (χ0) is 20.6. The van der Waals surface area contributed by atoms with Gasteiger partial charge in [-0.3, -0.25) is 9.89 Å². The summed E-state index contributed by atoms with van der Waals surface area (Å²) in [7, 11) is 5.80. The van der Waals surface area contributed by atoms with Gasteiger partial charge in [0.25, 0.3) is 0 Å². The Labute approximate surface area is 177 Å². The van der Waals surface area contributed by atoms with Crippen LogP contribution in [-0.4, -0.2) is 69.3 Å². The molecule has 1 saturated heterocycles. The van der Waals surface area contributed by atoms with Gasteiger partial charge < -0.3 is 20.3 Å². The van der Waals surface area contributed by atoms with E-state index in [4.69, 9.17) is 4.74 Å². The van der Waals surface area contributed by atoms with Gasteiger partial charge in [0.2, 0.25) is 0 Å². The summed E-state index contributed by atoms with van der Waals surface area (Å²) < 4.78 is 5.73. The van der Waals surface area contributed by atoms with Gasteiger partial charge in [0.05, 0.1) is 31.0 Å². The third-order valence-electron chi connectivity index (χ3n) is 4.96. The molecule has 8 heteroatoms. The summed E-state index contributed by atoms with van der Waals surface area (Å²) >= 11 is 1.80. The van der Waals surface area contributed by atoms with Gasteiger partial charge in [-0.25, -0.2) is 4.98 Å². The molecule has 3 rings (SSSR count). The summed E-state index contributed by atoms with van der Waals surface area (Å²) in [5.74, 6) is 1.73. The maximum Gasteiger partial charge on any atom is 0.191 e. The van der Waals surface area contributed by atoms with E-state index in [0.717, 1.165) is 43.7 Å². The Morgan fingerprint density at radius 2 is 2.21 bits per heavy atom. The molecule has 1 aliphatic heterocycles. The molecule has 2 atom stereocenters. The van der Waals surface area contributed by atoms with Crippen LogP contribution in [0, 0.1) is 0 Å². The number of rotatable bonds is 7. The van der Waals surface area contributed by atoms with E-state index in [9.17, 15) is 0 Å². The van der Waals surface area contributed by atoms with Crippen molar-refractivity contribution in [1.29, 1.82) is 0 Å². The molecule has 2 unspecified atom stereocenters. The predicted molar refractivity (Wildman–Crippen MR) is 121 cm³/mol. The first-order valence-corrected chi connectivity index (χ1v) is 10.9. The molecule has 3 heterocycles. The molecule has 2 aromatic heterocycles. The smallest absolute Gasteiger partial charge is 0.191 e. The van der Waals surface area contributed by atoms with Crippen LogP contribution < -0.4 is 15.5 Å². The molecule has 29 heavy (non-hydrogen) atoms. The third kappa shape index (κ3) is 6.16. The molecular weight excluding hydrogens is 384 g/mol. The highest BCUT2D eigenvalue weighted by molar-refractivity contribution is 7.10. The molecule has 0 aliphatic carbocycles. The predicted octanol–water partition coefficient (Wildman–Crippen LogP) is 2.34. The normalized spacial score (nSPS) is 19.0. The topological polar surface area (TPSA) is 65.0 Å². The molecule has 0 bridgehead atoms. The summed E-state index contributed by atoms with van der Waals surface area (Å²) in [6.07, 6.45) is 0.263. The molecule has 1 aliphatic rings. The lowest BCUT2D eigenvalue weighted by atomic mass is 10.1. The van der Waals surface area contributed by atoms with Crippen molar-refractivity contribution in [3.63, 3.8) is 0 Å². The molecule has 2 aromatic rings. The minimum Gasteiger partial charge on any atom is -0.376 e. The van der Waals surface area contributed by atoms with Gasteiger partial charge in [0.15, 0.2) is 5.96 Å². The number of thiophene rings is 1. The largest absolute Gasteiger partial charge is 0.376 e. The molecule has 0 spiro atoms. The molecule has 7 nitrogen and oxygen atoms in total. The number of anilines is 1. The fourth-order valence-electron chi connectivity index (χ4n) is 3.42. The lowest BCUT2D eigenvalue weighted by molar-refractivity contribution is -0.0334. The van der Waals surface area contributed by atoms with Gasteiger partial charge in [0, 0.05) is 45.7 Å². The van der Waals surface area contributed by atoms with E-state index in [1.807, 2.05) is 37.2 Å². The number of guanidine groups is 1. The Kier molecular flexibility index (Phi) is 7.85. The molecule has 0 saturated carbocycles. The van der Waals surface area contributed by atoms with Crippen molar-refractivity contribution in [2.75, 3.05) is 52.3 Å². The fraction of sp³-hybridized carbons (Fsp3) is 0.524. The maximum absolute atomic E-state index is 5.73. The van der Waals surface area contributed by atoms with Gasteiger partial charge in [-0.05, 0) is 30.5 Å². The van der Waals surface area contributed by atoms with Gasteiger partial charge in [-0.1, -0.05) is 12.1 Å². The van der Waals surface area contributed by atoms with Gasteiger partial charge in [-0.2, -0.15) is 0 Å². The highest BCUT2D eigenvalue weighted by Crippen LogP contribution is 2.26. The SMILES string of the molecule is CN=C(NCc1cccc(N(C)C)n1)NCC(c1cccs1)N1CCOC(C)C1. The Morgan fingerprint density at radius 1 is 1.34 bits per heavy atom. The minimum atomic E-state index is 0.263. The number of pyridine rings is 1. The lowest BCUT2D eigenvalue weighted by Crippen LogP contribution is -2.48. The van der Waals surface area contributed by atoms with Crippen LogP contribution in [-0.2, 0) is 11.3 Å². The minimum absolute atomic E-state index is 0.263. The van der Waals surface area contributed by atoms with Gasteiger partial charge in [0.1, 0.15) is 5.82 Å². The second-order valence-corrected chi connectivity index (χ2v) is 8.38. The van der Waals surface area contributed by atoms with Crippen molar-refractivity contribution in [2.24, 2.45) is 4.99 Å². The van der Waals surface area contributed by atoms with Crippen molar-refractivity contribution < 1.29 is 4.74 Å². The zero-order valence-electron chi connectivity index (χ0n) is 17.8. The van der Waals surface area contributed by atoms with Crippen LogP contribution in [0.25, 0.3) is 0 Å². The molecule has 0 radical (unpaired) electrons. The zero-order valence-corrected chi connectivity index (χ0v) is 18.6. The standard InChI is InChI=1S/C21H32N6OS/c1-16-15-27(10-11-28-16)18(19-8-6-12-29-19)14-24-21(22-2)23-13-17-7-5-9-20(25-17)26(3)4/h5-9,12,16,18H,10-11,13-15H2,1-4H3,(H2,22,23,24). The third-order valence-corrected chi connectivity index (χ3v) is 5.93. The van der Waals surface area contributed by atoms with Crippen LogP contribution in [0.4, 0.5) is 5.82 Å². The molecule has 0 aromatic carbocycles. The number of nitrogens with one attached hydrogen (secondary N) is 2. The summed E-state index contributed by atoms with van der Waals surface area (Å²) in [6, 6.07) is 10.7. The second-order valence-electron chi connectivity index (χ2n) is 7.40. The average Bonchev–Trinajstić information content (AvgIpc) is 3.25. The van der Waals surface area contributed by atoms with Crippen LogP contribution in [0.15, 0.2) is 40.7 Å². The van der Waals surface area contributed by atoms with E-state index in [1.165, 1.54) is 4.88 Å². The van der Waals surface area contributed by atoms with E-state index in [2.05, 4.69) is 49.9 Å². The summed E-state index contributed by atoms with van der Waals surface area (Å²) in [4.78, 5) is 14.9. The quantitative estimate of drug-likeness (QED) is 0.534. The van der Waals surface area contributed by atoms with E-state index < -0.39 is 0 Å².